The van der Waals surface area contributed by atoms with Crippen molar-refractivity contribution < 1.29 is 13.3 Å². The minimum absolute atomic E-state index is 0.172. The molecule has 0 N–H and O–H groups in total. The Morgan fingerprint density at radius 3 is 0.770 bits per heavy atom. The topological polar surface area (TPSA) is 49.1 Å². The Morgan fingerprint density at radius 1 is 0.158 bits per heavy atom. The first-order chi connectivity index (χ1) is 68.2. The molecule has 3 aliphatic carbocycles. The predicted octanol–water partition coefficient (Wildman–Crippen LogP) is 37.6. The monoisotopic (exact) mass is 1780 g/mol. The molecule has 0 bridgehead atoms. The van der Waals surface area contributed by atoms with Gasteiger partial charge in [-0.25, -0.2) is 0 Å². The van der Waals surface area contributed by atoms with Crippen molar-refractivity contribution in [2.75, 3.05) is 14.7 Å². The van der Waals surface area contributed by atoms with Gasteiger partial charge in [0.05, 0.1) is 0 Å². The first kappa shape index (κ1) is 83.5. The van der Waals surface area contributed by atoms with Gasteiger partial charge in [-0.05, 0) is 285 Å². The molecular formula is C133H97N3O3. The van der Waals surface area contributed by atoms with E-state index in [2.05, 4.69) is 517 Å². The zero-order valence-electron chi connectivity index (χ0n) is 78.2. The van der Waals surface area contributed by atoms with Crippen molar-refractivity contribution in [3.8, 4) is 89.0 Å². The quantitative estimate of drug-likeness (QED) is 0.108. The number of nitrogens with zero attached hydrogens (tertiary/aromatic N) is 3. The summed E-state index contributed by atoms with van der Waals surface area (Å²) in [6.45, 7) is 14.1. The third kappa shape index (κ3) is 14.4. The number of anilines is 9. The highest BCUT2D eigenvalue weighted by atomic mass is 16.3. The Labute approximate surface area is 809 Å². The molecule has 3 aromatic heterocycles. The minimum Gasteiger partial charge on any atom is -0.456 e. The lowest BCUT2D eigenvalue weighted by atomic mass is 9.80. The largest absolute Gasteiger partial charge is 0.456 e. The summed E-state index contributed by atoms with van der Waals surface area (Å²) < 4.78 is 18.9. The van der Waals surface area contributed by atoms with Crippen LogP contribution in [0.1, 0.15) is 74.9 Å². The van der Waals surface area contributed by atoms with Gasteiger partial charge in [-0.1, -0.05) is 369 Å². The Balaban J connectivity index is 0.000000110. The zero-order chi connectivity index (χ0) is 93.2. The minimum atomic E-state index is -0.215. The van der Waals surface area contributed by atoms with Crippen molar-refractivity contribution in [1.29, 1.82) is 0 Å². The molecule has 0 fully saturated rings. The Hall–Kier alpha value is -17.3. The highest BCUT2D eigenvalue weighted by Crippen LogP contribution is 2.59. The van der Waals surface area contributed by atoms with Crippen LogP contribution in [0.2, 0.25) is 0 Å². The molecule has 24 aromatic rings. The summed E-state index contributed by atoms with van der Waals surface area (Å²) in [4.78, 5) is 7.12. The summed E-state index contributed by atoms with van der Waals surface area (Å²) in [5.41, 5.74) is 43.1. The van der Waals surface area contributed by atoms with Crippen LogP contribution in [0.25, 0.3) is 166 Å². The fourth-order valence-corrected chi connectivity index (χ4v) is 22.6. The number of fused-ring (bicyclic) bond motifs is 22. The molecule has 27 rings (SSSR count). The van der Waals surface area contributed by atoms with Gasteiger partial charge >= 0.3 is 0 Å². The lowest BCUT2D eigenvalue weighted by molar-refractivity contribution is 0.657. The summed E-state index contributed by atoms with van der Waals surface area (Å²) in [5.74, 6) is 0. The molecule has 0 atom stereocenters. The molecule has 0 radical (unpaired) electrons. The average Bonchev–Trinajstić information content (AvgIpc) is 1.54. The average molecular weight is 1790 g/mol. The molecule has 0 unspecified atom stereocenters. The molecule has 6 nitrogen and oxygen atoms in total. The van der Waals surface area contributed by atoms with Crippen LogP contribution < -0.4 is 14.7 Å². The smallest absolute Gasteiger partial charge is 0.135 e. The maximum Gasteiger partial charge on any atom is 0.135 e. The van der Waals surface area contributed by atoms with Crippen LogP contribution in [-0.4, -0.2) is 0 Å². The van der Waals surface area contributed by atoms with E-state index in [1.165, 1.54) is 165 Å². The van der Waals surface area contributed by atoms with E-state index in [-0.39, 0.29) is 16.2 Å². The third-order valence-corrected chi connectivity index (χ3v) is 29.3. The third-order valence-electron chi connectivity index (χ3n) is 29.3. The Kier molecular flexibility index (Phi) is 20.2. The lowest BCUT2D eigenvalue weighted by Gasteiger charge is -2.28. The maximum atomic E-state index is 6.32. The van der Waals surface area contributed by atoms with Gasteiger partial charge in [0.2, 0.25) is 0 Å². The Morgan fingerprint density at radius 2 is 0.410 bits per heavy atom. The summed E-state index contributed by atoms with van der Waals surface area (Å²) in [7, 11) is 0. The predicted molar refractivity (Wildman–Crippen MR) is 583 cm³/mol. The Bertz CT molecular complexity index is 8680. The van der Waals surface area contributed by atoms with Crippen LogP contribution in [0.15, 0.2) is 492 Å². The lowest BCUT2D eigenvalue weighted by Crippen LogP contribution is -2.17. The number of hydrogen-bond acceptors (Lipinski definition) is 6. The van der Waals surface area contributed by atoms with Gasteiger partial charge in [-0.15, -0.1) is 0 Å². The molecule has 0 amide bonds. The van der Waals surface area contributed by atoms with Crippen molar-refractivity contribution in [2.24, 2.45) is 0 Å². The van der Waals surface area contributed by atoms with E-state index in [0.29, 0.717) is 0 Å². The van der Waals surface area contributed by atoms with E-state index in [0.717, 1.165) is 84.7 Å². The molecule has 3 heterocycles. The molecule has 0 saturated carbocycles. The first-order valence-corrected chi connectivity index (χ1v) is 48.1. The van der Waals surface area contributed by atoms with Crippen LogP contribution in [-0.2, 0) is 16.2 Å². The second kappa shape index (κ2) is 33.6. The maximum absolute atomic E-state index is 6.32. The van der Waals surface area contributed by atoms with E-state index >= 15 is 0 Å². The fourth-order valence-electron chi connectivity index (χ4n) is 22.6. The van der Waals surface area contributed by atoms with E-state index in [4.69, 9.17) is 13.3 Å². The van der Waals surface area contributed by atoms with Crippen molar-refractivity contribution in [2.45, 2.75) is 57.8 Å². The SMILES string of the molecule is CC1(C)c2cc(N(c3ccc(-c4ccccc4)cc3)c3ccc(-c4ccccc4)cc3)ccc2-c2ccc3oc4ccccc4c3c21.CC1(C)c2cc(N(c3ccccc3)c3ccc(-c4ccc5ccccc5c4)cc3)ccc2-c2ccc3oc4ccccc4c3c21.CC1(C)c2ccc(N(c3ccc(-c4ccccc4)cc3)c3ccc(-c4ccccc4)cc3)cc2-c2ccc3oc4ccccc4c3c21. The van der Waals surface area contributed by atoms with Gasteiger partial charge in [0.15, 0.2) is 0 Å². The summed E-state index contributed by atoms with van der Waals surface area (Å²) in [6.07, 6.45) is 0. The van der Waals surface area contributed by atoms with E-state index < -0.39 is 0 Å². The van der Waals surface area contributed by atoms with Gasteiger partial charge in [0.25, 0.3) is 0 Å². The van der Waals surface area contributed by atoms with Crippen molar-refractivity contribution in [3.63, 3.8) is 0 Å². The van der Waals surface area contributed by atoms with Gasteiger partial charge in [0, 0.05) is 99.7 Å². The number of furan rings is 3. The van der Waals surface area contributed by atoms with Crippen molar-refractivity contribution in [3.05, 3.63) is 513 Å². The van der Waals surface area contributed by atoms with Gasteiger partial charge in [-0.3, -0.25) is 0 Å². The second-order valence-corrected chi connectivity index (χ2v) is 38.5. The van der Waals surface area contributed by atoms with Crippen LogP contribution in [0.5, 0.6) is 0 Å². The molecular weight excluding hydrogens is 1690 g/mol. The second-order valence-electron chi connectivity index (χ2n) is 38.5. The molecule has 0 saturated heterocycles. The zero-order valence-corrected chi connectivity index (χ0v) is 78.2. The number of rotatable bonds is 14. The standard InChI is InChI=1S/2C45H33NO.C43H31NO/c1-45(2)40-27-25-36(29-39(40)37-26-28-42-43(44(37)45)38-15-9-10-16-41(38)47-42)46(34-21-17-32(18-22-34)30-11-5-3-6-12-30)35-23-19-33(20-24-35)31-13-7-4-8-14-31;1-45(2)40-29-36(25-26-37(40)38-27-28-42-43(44(38)45)39-15-9-10-16-41(39)47-42)46(34-21-17-32(18-22-34)30-11-5-3-6-12-30)35-23-19-33(20-24-35)31-13-7-4-8-14-31;1-43(2)38-27-34(22-23-35(38)36-24-25-40-41(42(36)43)37-14-8-9-15-39(37)45-40)44(32-12-4-3-5-13-32)33-20-18-29(19-21-33)31-17-16-28-10-6-7-11-30(28)26-31/h2*3-29H,1-2H3;3-27H,1-2H3. The highest BCUT2D eigenvalue weighted by molar-refractivity contribution is 6.14. The van der Waals surface area contributed by atoms with Gasteiger partial charge < -0.3 is 28.0 Å². The molecule has 662 valence electrons. The number of benzene rings is 21. The van der Waals surface area contributed by atoms with E-state index in [1.807, 2.05) is 18.2 Å². The normalized spacial score (nSPS) is 13.1. The van der Waals surface area contributed by atoms with Crippen LogP contribution in [0.3, 0.4) is 0 Å². The molecule has 6 heteroatoms. The number of para-hydroxylation sites is 4. The van der Waals surface area contributed by atoms with Gasteiger partial charge in [0.1, 0.15) is 33.5 Å². The molecule has 139 heavy (non-hydrogen) atoms. The molecule has 3 aliphatic rings. The highest BCUT2D eigenvalue weighted by Gasteiger charge is 2.43. The molecule has 0 spiro atoms. The summed E-state index contributed by atoms with van der Waals surface area (Å²) >= 11 is 0. The van der Waals surface area contributed by atoms with E-state index in [1.54, 1.807) is 0 Å². The van der Waals surface area contributed by atoms with Crippen molar-refractivity contribution in [1.82, 2.24) is 0 Å². The molecule has 21 aromatic carbocycles. The van der Waals surface area contributed by atoms with Crippen molar-refractivity contribution >= 4 is 128 Å². The summed E-state index contributed by atoms with van der Waals surface area (Å²) in [6, 6.07) is 172. The molecule has 0 aliphatic heterocycles. The van der Waals surface area contributed by atoms with Crippen LogP contribution >= 0.6 is 0 Å². The van der Waals surface area contributed by atoms with Gasteiger partial charge in [-0.2, -0.15) is 0 Å². The number of hydrogen-bond donors (Lipinski definition) is 0. The van der Waals surface area contributed by atoms with E-state index in [9.17, 15) is 0 Å². The first-order valence-electron chi connectivity index (χ1n) is 48.1. The summed E-state index contributed by atoms with van der Waals surface area (Å²) in [5, 5.41) is 9.75. The van der Waals surface area contributed by atoms with Crippen LogP contribution in [0.4, 0.5) is 51.2 Å². The van der Waals surface area contributed by atoms with Crippen LogP contribution in [0, 0.1) is 0 Å². The fraction of sp³-hybridized carbons (Fsp3) is 0.0677.